The Kier molecular flexibility index (Phi) is 5.26. The average molecular weight is 308 g/mol. The number of rotatable bonds is 6. The standard InChI is InChI=1S/C16H22ClN3O/c1-5-13-16(17)15(20(3)19-13)10-14(18-2)11-7-6-8-12(9-11)21-4/h6-9,14,18H,5,10H2,1-4H3. The van der Waals surface area contributed by atoms with Crippen LogP contribution in [0.25, 0.3) is 0 Å². The van der Waals surface area contributed by atoms with Gasteiger partial charge in [0.05, 0.1) is 23.5 Å². The monoisotopic (exact) mass is 307 g/mol. The molecule has 2 aromatic rings. The summed E-state index contributed by atoms with van der Waals surface area (Å²) in [6, 6.07) is 8.25. The first-order valence-electron chi connectivity index (χ1n) is 7.12. The predicted octanol–water partition coefficient (Wildman–Crippen LogP) is 3.15. The summed E-state index contributed by atoms with van der Waals surface area (Å²) in [6.45, 7) is 2.07. The van der Waals surface area contributed by atoms with E-state index in [-0.39, 0.29) is 6.04 Å². The zero-order valence-corrected chi connectivity index (χ0v) is 13.7. The summed E-state index contributed by atoms with van der Waals surface area (Å²) in [5.74, 6) is 0.859. The highest BCUT2D eigenvalue weighted by Crippen LogP contribution is 2.27. The molecule has 0 aliphatic carbocycles. The van der Waals surface area contributed by atoms with E-state index < -0.39 is 0 Å². The second kappa shape index (κ2) is 6.96. The number of aryl methyl sites for hydroxylation is 2. The molecule has 1 heterocycles. The summed E-state index contributed by atoms with van der Waals surface area (Å²) in [7, 11) is 5.58. The Bertz CT molecular complexity index is 610. The number of aromatic nitrogens is 2. The van der Waals surface area contributed by atoms with Crippen molar-refractivity contribution in [1.82, 2.24) is 15.1 Å². The number of nitrogens with one attached hydrogen (secondary N) is 1. The lowest BCUT2D eigenvalue weighted by atomic mass is 10.0. The van der Waals surface area contributed by atoms with Crippen molar-refractivity contribution in [3.63, 3.8) is 0 Å². The summed E-state index contributed by atoms with van der Waals surface area (Å²) >= 11 is 6.44. The van der Waals surface area contributed by atoms with Crippen LogP contribution in [0, 0.1) is 0 Å². The average Bonchev–Trinajstić information content (AvgIpc) is 2.79. The zero-order chi connectivity index (χ0) is 15.4. The molecule has 0 saturated carbocycles. The van der Waals surface area contributed by atoms with E-state index >= 15 is 0 Å². The van der Waals surface area contributed by atoms with Gasteiger partial charge in [0.15, 0.2) is 0 Å². The molecular formula is C16H22ClN3O. The number of methoxy groups -OCH3 is 1. The molecule has 114 valence electrons. The maximum Gasteiger partial charge on any atom is 0.119 e. The highest BCUT2D eigenvalue weighted by molar-refractivity contribution is 6.31. The molecule has 0 bridgehead atoms. The summed E-state index contributed by atoms with van der Waals surface area (Å²) in [5.41, 5.74) is 3.18. The third-order valence-electron chi connectivity index (χ3n) is 3.75. The van der Waals surface area contributed by atoms with Crippen LogP contribution >= 0.6 is 11.6 Å². The van der Waals surface area contributed by atoms with Gasteiger partial charge in [0.1, 0.15) is 5.75 Å². The van der Waals surface area contributed by atoms with Crippen LogP contribution in [0.5, 0.6) is 5.75 Å². The second-order valence-electron chi connectivity index (χ2n) is 5.01. The molecule has 0 radical (unpaired) electrons. The molecule has 0 spiro atoms. The van der Waals surface area contributed by atoms with Crippen molar-refractivity contribution in [3.8, 4) is 5.75 Å². The van der Waals surface area contributed by atoms with Crippen LogP contribution in [0.1, 0.15) is 29.9 Å². The van der Waals surface area contributed by atoms with Crippen LogP contribution in [0.3, 0.4) is 0 Å². The van der Waals surface area contributed by atoms with Gasteiger partial charge in [-0.15, -0.1) is 0 Å². The summed E-state index contributed by atoms with van der Waals surface area (Å²) < 4.78 is 7.18. The first-order valence-corrected chi connectivity index (χ1v) is 7.49. The number of halogens is 1. The van der Waals surface area contributed by atoms with Crippen LogP contribution in [0.15, 0.2) is 24.3 Å². The Morgan fingerprint density at radius 2 is 2.19 bits per heavy atom. The van der Waals surface area contributed by atoms with Gasteiger partial charge in [-0.2, -0.15) is 5.10 Å². The number of nitrogens with zero attached hydrogens (tertiary/aromatic N) is 2. The third-order valence-corrected chi connectivity index (χ3v) is 4.18. The Labute approximate surface area is 131 Å². The fourth-order valence-electron chi connectivity index (χ4n) is 2.48. The quantitative estimate of drug-likeness (QED) is 0.891. The van der Waals surface area contributed by atoms with Gasteiger partial charge >= 0.3 is 0 Å². The SMILES string of the molecule is CCc1nn(C)c(CC(NC)c2cccc(OC)c2)c1Cl. The van der Waals surface area contributed by atoms with Gasteiger partial charge in [-0.05, 0) is 31.2 Å². The van der Waals surface area contributed by atoms with E-state index in [9.17, 15) is 0 Å². The van der Waals surface area contributed by atoms with Gasteiger partial charge in [-0.1, -0.05) is 30.7 Å². The Morgan fingerprint density at radius 3 is 2.76 bits per heavy atom. The van der Waals surface area contributed by atoms with Crippen molar-refractivity contribution in [2.45, 2.75) is 25.8 Å². The number of hydrogen-bond donors (Lipinski definition) is 1. The Balaban J connectivity index is 2.28. The van der Waals surface area contributed by atoms with Gasteiger partial charge in [0.2, 0.25) is 0 Å². The van der Waals surface area contributed by atoms with Crippen molar-refractivity contribution in [2.75, 3.05) is 14.2 Å². The molecule has 5 heteroatoms. The fraction of sp³-hybridized carbons (Fsp3) is 0.438. The lowest BCUT2D eigenvalue weighted by Crippen LogP contribution is -2.20. The summed E-state index contributed by atoms with van der Waals surface area (Å²) in [6.07, 6.45) is 1.63. The van der Waals surface area contributed by atoms with E-state index in [1.165, 1.54) is 5.56 Å². The van der Waals surface area contributed by atoms with E-state index in [0.717, 1.165) is 35.0 Å². The fourth-order valence-corrected chi connectivity index (χ4v) is 2.85. The smallest absolute Gasteiger partial charge is 0.119 e. The third kappa shape index (κ3) is 3.39. The first kappa shape index (κ1) is 15.9. The molecule has 0 amide bonds. The minimum absolute atomic E-state index is 0.165. The van der Waals surface area contributed by atoms with Gasteiger partial charge in [0, 0.05) is 19.5 Å². The van der Waals surface area contributed by atoms with Crippen LogP contribution < -0.4 is 10.1 Å². The van der Waals surface area contributed by atoms with Crippen molar-refractivity contribution >= 4 is 11.6 Å². The van der Waals surface area contributed by atoms with Crippen molar-refractivity contribution in [3.05, 3.63) is 46.2 Å². The van der Waals surface area contributed by atoms with Gasteiger partial charge in [0.25, 0.3) is 0 Å². The number of hydrogen-bond acceptors (Lipinski definition) is 3. The lowest BCUT2D eigenvalue weighted by molar-refractivity contribution is 0.413. The molecule has 21 heavy (non-hydrogen) atoms. The van der Waals surface area contributed by atoms with E-state index in [2.05, 4.69) is 23.4 Å². The van der Waals surface area contributed by atoms with Crippen molar-refractivity contribution < 1.29 is 4.74 Å². The van der Waals surface area contributed by atoms with Crippen LogP contribution in [0.4, 0.5) is 0 Å². The molecule has 1 atom stereocenters. The topological polar surface area (TPSA) is 39.1 Å². The highest BCUT2D eigenvalue weighted by atomic mass is 35.5. The van der Waals surface area contributed by atoms with Gasteiger partial charge in [-0.25, -0.2) is 0 Å². The van der Waals surface area contributed by atoms with Crippen LogP contribution in [0.2, 0.25) is 5.02 Å². The molecule has 1 N–H and O–H groups in total. The summed E-state index contributed by atoms with van der Waals surface area (Å²) in [5, 5.41) is 8.60. The molecule has 4 nitrogen and oxygen atoms in total. The lowest BCUT2D eigenvalue weighted by Gasteiger charge is -2.18. The maximum atomic E-state index is 6.44. The highest BCUT2D eigenvalue weighted by Gasteiger charge is 2.18. The van der Waals surface area contributed by atoms with Gasteiger partial charge in [-0.3, -0.25) is 4.68 Å². The predicted molar refractivity (Wildman–Crippen MR) is 86.1 cm³/mol. The molecule has 0 aliphatic heterocycles. The Morgan fingerprint density at radius 1 is 1.43 bits per heavy atom. The number of ether oxygens (including phenoxy) is 1. The normalized spacial score (nSPS) is 12.4. The molecular weight excluding hydrogens is 286 g/mol. The van der Waals surface area contributed by atoms with Gasteiger partial charge < -0.3 is 10.1 Å². The minimum atomic E-state index is 0.165. The summed E-state index contributed by atoms with van der Waals surface area (Å²) in [4.78, 5) is 0. The molecule has 1 unspecified atom stereocenters. The largest absolute Gasteiger partial charge is 0.497 e. The van der Waals surface area contributed by atoms with E-state index in [1.54, 1.807) is 7.11 Å². The maximum absolute atomic E-state index is 6.44. The van der Waals surface area contributed by atoms with E-state index in [0.29, 0.717) is 0 Å². The molecule has 0 aliphatic rings. The molecule has 0 fully saturated rings. The minimum Gasteiger partial charge on any atom is -0.497 e. The van der Waals surface area contributed by atoms with Crippen LogP contribution in [-0.4, -0.2) is 23.9 Å². The Hall–Kier alpha value is -1.52. The van der Waals surface area contributed by atoms with Crippen molar-refractivity contribution in [1.29, 1.82) is 0 Å². The second-order valence-corrected chi connectivity index (χ2v) is 5.38. The molecule has 0 saturated heterocycles. The zero-order valence-electron chi connectivity index (χ0n) is 13.0. The first-order chi connectivity index (χ1) is 10.1. The number of likely N-dealkylation sites (N-methyl/N-ethyl adjacent to an activating group) is 1. The van der Waals surface area contributed by atoms with E-state index in [1.807, 2.05) is 37.0 Å². The molecule has 1 aromatic carbocycles. The molecule has 1 aromatic heterocycles. The van der Waals surface area contributed by atoms with Crippen molar-refractivity contribution in [2.24, 2.45) is 7.05 Å². The van der Waals surface area contributed by atoms with E-state index in [4.69, 9.17) is 16.3 Å². The van der Waals surface area contributed by atoms with Crippen LogP contribution in [-0.2, 0) is 19.9 Å². The number of benzene rings is 1. The molecule has 2 rings (SSSR count).